The molecule has 4 atom stereocenters. The smallest absolute Gasteiger partial charge is 0.0621 e. The van der Waals surface area contributed by atoms with E-state index in [2.05, 4.69) is 0 Å². The van der Waals surface area contributed by atoms with Gasteiger partial charge in [0.05, 0.1) is 6.10 Å². The number of hydrogen-bond donors (Lipinski definition) is 2. The van der Waals surface area contributed by atoms with Crippen LogP contribution in [0, 0.1) is 17.8 Å². The summed E-state index contributed by atoms with van der Waals surface area (Å²) in [5, 5.41) is 18.4. The fourth-order valence-electron chi connectivity index (χ4n) is 2.64. The molecule has 2 fully saturated rings. The maximum Gasteiger partial charge on any atom is 0.0621 e. The topological polar surface area (TPSA) is 40.5 Å². The van der Waals surface area contributed by atoms with Crippen LogP contribution < -0.4 is 0 Å². The van der Waals surface area contributed by atoms with E-state index in [-0.39, 0.29) is 18.6 Å². The molecule has 0 aromatic heterocycles. The van der Waals surface area contributed by atoms with Gasteiger partial charge in [-0.1, -0.05) is 0 Å². The Morgan fingerprint density at radius 2 is 1.90 bits per heavy atom. The maximum atomic E-state index is 9.52. The Hall–Kier alpha value is -0.0800. The van der Waals surface area contributed by atoms with E-state index in [1.807, 2.05) is 0 Å². The van der Waals surface area contributed by atoms with Gasteiger partial charge in [-0.2, -0.15) is 0 Å². The van der Waals surface area contributed by atoms with Crippen LogP contribution in [-0.4, -0.2) is 22.9 Å². The normalized spacial score (nSPS) is 52.2. The first-order valence-electron chi connectivity index (χ1n) is 4.12. The highest BCUT2D eigenvalue weighted by atomic mass is 16.3. The van der Waals surface area contributed by atoms with Crippen LogP contribution in [0.15, 0.2) is 0 Å². The van der Waals surface area contributed by atoms with Crippen molar-refractivity contribution in [1.29, 1.82) is 0 Å². The van der Waals surface area contributed by atoms with Crippen molar-refractivity contribution >= 4 is 0 Å². The second-order valence-corrected chi connectivity index (χ2v) is 3.67. The Balaban J connectivity index is 2.10. The third-order valence-electron chi connectivity index (χ3n) is 3.25. The summed E-state index contributed by atoms with van der Waals surface area (Å²) in [6, 6.07) is 0. The van der Waals surface area contributed by atoms with E-state index in [0.29, 0.717) is 11.8 Å². The second-order valence-electron chi connectivity index (χ2n) is 3.67. The summed E-state index contributed by atoms with van der Waals surface area (Å²) < 4.78 is 0. The largest absolute Gasteiger partial charge is 0.396 e. The SMILES string of the molecule is OC[C@H]1[C@H]2CC[C@H](C2)[C@H]1O. The molecule has 2 aliphatic carbocycles. The average Bonchev–Trinajstić information content (AvgIpc) is 2.46. The van der Waals surface area contributed by atoms with Gasteiger partial charge in [-0.3, -0.25) is 0 Å². The van der Waals surface area contributed by atoms with Crippen LogP contribution in [0.25, 0.3) is 0 Å². The van der Waals surface area contributed by atoms with Crippen LogP contribution >= 0.6 is 0 Å². The van der Waals surface area contributed by atoms with Crippen LogP contribution in [0.4, 0.5) is 0 Å². The Kier molecular flexibility index (Phi) is 1.46. The first-order valence-corrected chi connectivity index (χ1v) is 4.12. The quantitative estimate of drug-likeness (QED) is 0.556. The molecule has 2 bridgehead atoms. The van der Waals surface area contributed by atoms with Crippen LogP contribution in [-0.2, 0) is 0 Å². The summed E-state index contributed by atoms with van der Waals surface area (Å²) in [6.45, 7) is 0.183. The van der Waals surface area contributed by atoms with Crippen molar-refractivity contribution in [2.24, 2.45) is 17.8 Å². The van der Waals surface area contributed by atoms with Gasteiger partial charge in [-0.15, -0.1) is 0 Å². The van der Waals surface area contributed by atoms with E-state index in [0.717, 1.165) is 6.42 Å². The molecule has 0 radical (unpaired) electrons. The molecular formula is C8H14O2. The molecule has 0 aliphatic heterocycles. The molecule has 2 nitrogen and oxygen atoms in total. The third kappa shape index (κ3) is 0.722. The number of rotatable bonds is 1. The summed E-state index contributed by atoms with van der Waals surface area (Å²) in [4.78, 5) is 0. The van der Waals surface area contributed by atoms with E-state index in [4.69, 9.17) is 5.11 Å². The van der Waals surface area contributed by atoms with E-state index >= 15 is 0 Å². The van der Waals surface area contributed by atoms with Gasteiger partial charge < -0.3 is 10.2 Å². The number of aliphatic hydroxyl groups is 2. The number of aliphatic hydroxyl groups excluding tert-OH is 2. The van der Waals surface area contributed by atoms with Gasteiger partial charge in [0.15, 0.2) is 0 Å². The molecule has 10 heavy (non-hydrogen) atoms. The summed E-state index contributed by atoms with van der Waals surface area (Å²) in [7, 11) is 0. The Bertz CT molecular complexity index is 133. The molecule has 0 spiro atoms. The van der Waals surface area contributed by atoms with Gasteiger partial charge in [-0.25, -0.2) is 0 Å². The summed E-state index contributed by atoms with van der Waals surface area (Å²) >= 11 is 0. The predicted molar refractivity (Wildman–Crippen MR) is 37.4 cm³/mol. The Morgan fingerprint density at radius 3 is 2.30 bits per heavy atom. The number of hydrogen-bond acceptors (Lipinski definition) is 2. The molecule has 0 amide bonds. The maximum absolute atomic E-state index is 9.52. The lowest BCUT2D eigenvalue weighted by atomic mass is 9.87. The first-order chi connectivity index (χ1) is 4.83. The zero-order valence-electron chi connectivity index (χ0n) is 6.03. The molecule has 2 aliphatic rings. The molecule has 2 saturated carbocycles. The van der Waals surface area contributed by atoms with Gasteiger partial charge >= 0.3 is 0 Å². The highest BCUT2D eigenvalue weighted by molar-refractivity contribution is 4.96. The molecule has 0 aromatic carbocycles. The zero-order valence-corrected chi connectivity index (χ0v) is 6.03. The minimum Gasteiger partial charge on any atom is -0.396 e. The summed E-state index contributed by atoms with van der Waals surface area (Å²) in [6.07, 6.45) is 3.38. The van der Waals surface area contributed by atoms with Crippen molar-refractivity contribution in [2.45, 2.75) is 25.4 Å². The van der Waals surface area contributed by atoms with Crippen LogP contribution in [0.1, 0.15) is 19.3 Å². The third-order valence-corrected chi connectivity index (χ3v) is 3.25. The number of fused-ring (bicyclic) bond motifs is 2. The Labute approximate surface area is 60.9 Å². The Morgan fingerprint density at radius 1 is 1.20 bits per heavy atom. The molecule has 0 aromatic rings. The molecular weight excluding hydrogens is 128 g/mol. The van der Waals surface area contributed by atoms with Crippen molar-refractivity contribution in [2.75, 3.05) is 6.61 Å². The fraction of sp³-hybridized carbons (Fsp3) is 1.00. The van der Waals surface area contributed by atoms with Gasteiger partial charge in [0, 0.05) is 12.5 Å². The van der Waals surface area contributed by atoms with Gasteiger partial charge in [0.25, 0.3) is 0 Å². The van der Waals surface area contributed by atoms with Crippen molar-refractivity contribution in [3.05, 3.63) is 0 Å². The first kappa shape index (κ1) is 6.62. The summed E-state index contributed by atoms with van der Waals surface area (Å²) in [5.41, 5.74) is 0. The van der Waals surface area contributed by atoms with Crippen molar-refractivity contribution < 1.29 is 10.2 Å². The summed E-state index contributed by atoms with van der Waals surface area (Å²) in [5.74, 6) is 1.35. The fourth-order valence-corrected chi connectivity index (χ4v) is 2.64. The highest BCUT2D eigenvalue weighted by Gasteiger charge is 2.46. The molecule has 0 unspecified atom stereocenters. The molecule has 0 saturated heterocycles. The van der Waals surface area contributed by atoms with Gasteiger partial charge in [0.1, 0.15) is 0 Å². The van der Waals surface area contributed by atoms with Crippen LogP contribution in [0.2, 0.25) is 0 Å². The molecule has 2 heteroatoms. The minimum atomic E-state index is -0.191. The lowest BCUT2D eigenvalue weighted by Crippen LogP contribution is -2.29. The van der Waals surface area contributed by atoms with Gasteiger partial charge in [0.2, 0.25) is 0 Å². The molecule has 2 rings (SSSR count). The average molecular weight is 142 g/mol. The van der Waals surface area contributed by atoms with E-state index < -0.39 is 0 Å². The minimum absolute atomic E-state index is 0.183. The lowest BCUT2D eigenvalue weighted by Gasteiger charge is -2.24. The van der Waals surface area contributed by atoms with Crippen molar-refractivity contribution in [3.63, 3.8) is 0 Å². The monoisotopic (exact) mass is 142 g/mol. The molecule has 58 valence electrons. The van der Waals surface area contributed by atoms with Gasteiger partial charge in [-0.05, 0) is 31.1 Å². The zero-order chi connectivity index (χ0) is 7.14. The second kappa shape index (κ2) is 2.21. The molecule has 2 N–H and O–H groups in total. The molecule has 0 heterocycles. The highest BCUT2D eigenvalue weighted by Crippen LogP contribution is 2.48. The van der Waals surface area contributed by atoms with Crippen LogP contribution in [0.5, 0.6) is 0 Å². The van der Waals surface area contributed by atoms with E-state index in [1.54, 1.807) is 0 Å². The van der Waals surface area contributed by atoms with Crippen molar-refractivity contribution in [1.82, 2.24) is 0 Å². The van der Waals surface area contributed by atoms with Crippen LogP contribution in [0.3, 0.4) is 0 Å². The lowest BCUT2D eigenvalue weighted by molar-refractivity contribution is 0.0276. The van der Waals surface area contributed by atoms with E-state index in [1.165, 1.54) is 12.8 Å². The predicted octanol–water partition coefficient (Wildman–Crippen LogP) is 0.386. The van der Waals surface area contributed by atoms with Crippen molar-refractivity contribution in [3.8, 4) is 0 Å². The standard InChI is InChI=1S/C8H14O2/c9-4-7-5-1-2-6(3-5)8(7)10/h5-10H,1-4H2/t5-,6+,7-,8+/m0/s1. The van der Waals surface area contributed by atoms with E-state index in [9.17, 15) is 5.11 Å².